The summed E-state index contributed by atoms with van der Waals surface area (Å²) in [7, 11) is 0. The van der Waals surface area contributed by atoms with E-state index in [1.807, 2.05) is 18.5 Å². The quantitative estimate of drug-likeness (QED) is 0.837. The minimum Gasteiger partial charge on any atom is -0.458 e. The number of furan rings is 1. The zero-order valence-electron chi connectivity index (χ0n) is 12.0. The Hall–Kier alpha value is -1.55. The summed E-state index contributed by atoms with van der Waals surface area (Å²) in [6.07, 6.45) is 8.36. The summed E-state index contributed by atoms with van der Waals surface area (Å²) in [4.78, 5) is 4.45. The van der Waals surface area contributed by atoms with Crippen molar-refractivity contribution < 1.29 is 9.15 Å². The molecular weight excluding hydrogens is 252 g/mol. The second kappa shape index (κ2) is 6.27. The zero-order valence-corrected chi connectivity index (χ0v) is 12.0. The average Bonchev–Trinajstić information content (AvgIpc) is 3.09. The first-order valence-corrected chi connectivity index (χ1v) is 7.54. The van der Waals surface area contributed by atoms with Gasteiger partial charge in [0.05, 0.1) is 6.61 Å². The molecule has 0 spiro atoms. The Kier molecular flexibility index (Phi) is 4.21. The molecule has 4 heteroatoms. The van der Waals surface area contributed by atoms with Crippen molar-refractivity contribution in [2.75, 3.05) is 13.2 Å². The Labute approximate surface area is 119 Å². The summed E-state index contributed by atoms with van der Waals surface area (Å²) in [6, 6.07) is 4.09. The first-order chi connectivity index (χ1) is 9.86. The van der Waals surface area contributed by atoms with Crippen LogP contribution in [0.5, 0.6) is 0 Å². The van der Waals surface area contributed by atoms with E-state index in [0.717, 1.165) is 56.4 Å². The number of hydrogen-bond acceptors (Lipinski definition) is 3. The molecule has 1 fully saturated rings. The molecule has 0 saturated carbocycles. The number of ether oxygens (including phenoxy) is 1. The lowest BCUT2D eigenvalue weighted by molar-refractivity contribution is 0.0485. The van der Waals surface area contributed by atoms with Crippen LogP contribution in [0.2, 0.25) is 0 Å². The third-order valence-electron chi connectivity index (χ3n) is 3.80. The van der Waals surface area contributed by atoms with Crippen molar-refractivity contribution in [2.24, 2.45) is 5.92 Å². The van der Waals surface area contributed by atoms with Gasteiger partial charge in [0.1, 0.15) is 5.76 Å². The maximum atomic E-state index is 5.88. The van der Waals surface area contributed by atoms with Crippen molar-refractivity contribution in [3.8, 4) is 11.6 Å². The van der Waals surface area contributed by atoms with Gasteiger partial charge < -0.3 is 13.7 Å². The molecule has 2 aromatic heterocycles. The van der Waals surface area contributed by atoms with Crippen LogP contribution in [0.4, 0.5) is 0 Å². The van der Waals surface area contributed by atoms with Crippen LogP contribution < -0.4 is 0 Å². The first kappa shape index (κ1) is 13.4. The molecule has 1 saturated heterocycles. The predicted octanol–water partition coefficient (Wildman–Crippen LogP) is 3.52. The van der Waals surface area contributed by atoms with E-state index in [0.29, 0.717) is 5.92 Å². The lowest BCUT2D eigenvalue weighted by Gasteiger charge is -2.22. The van der Waals surface area contributed by atoms with Gasteiger partial charge in [-0.2, -0.15) is 0 Å². The number of aryl methyl sites for hydroxylation is 1. The monoisotopic (exact) mass is 274 g/mol. The summed E-state index contributed by atoms with van der Waals surface area (Å²) in [5, 5.41) is 0. The molecule has 0 bridgehead atoms. The fourth-order valence-electron chi connectivity index (χ4n) is 2.79. The number of rotatable bonds is 5. The van der Waals surface area contributed by atoms with Gasteiger partial charge in [0.15, 0.2) is 11.6 Å². The van der Waals surface area contributed by atoms with Crippen molar-refractivity contribution in [2.45, 2.75) is 39.2 Å². The topological polar surface area (TPSA) is 40.2 Å². The highest BCUT2D eigenvalue weighted by atomic mass is 16.5. The van der Waals surface area contributed by atoms with Gasteiger partial charge >= 0.3 is 0 Å². The predicted molar refractivity (Wildman–Crippen MR) is 77.5 cm³/mol. The number of hydrogen-bond donors (Lipinski definition) is 0. The number of aromatic nitrogens is 2. The molecule has 0 aliphatic carbocycles. The molecule has 20 heavy (non-hydrogen) atoms. The Balaban J connectivity index is 1.74. The van der Waals surface area contributed by atoms with E-state index in [-0.39, 0.29) is 0 Å². The van der Waals surface area contributed by atoms with Crippen LogP contribution in [0, 0.1) is 5.92 Å². The van der Waals surface area contributed by atoms with Gasteiger partial charge in [-0.1, -0.05) is 6.92 Å². The van der Waals surface area contributed by atoms with E-state index in [2.05, 4.69) is 22.5 Å². The van der Waals surface area contributed by atoms with Crippen molar-refractivity contribution in [3.63, 3.8) is 0 Å². The third-order valence-corrected chi connectivity index (χ3v) is 3.80. The van der Waals surface area contributed by atoms with Gasteiger partial charge in [-0.15, -0.1) is 0 Å². The van der Waals surface area contributed by atoms with Crippen molar-refractivity contribution in [1.82, 2.24) is 9.55 Å². The molecule has 0 amide bonds. The molecule has 0 radical (unpaired) electrons. The second-order valence-corrected chi connectivity index (χ2v) is 5.50. The molecule has 108 valence electrons. The summed E-state index contributed by atoms with van der Waals surface area (Å²) in [5.41, 5.74) is 0. The second-order valence-electron chi connectivity index (χ2n) is 5.50. The van der Waals surface area contributed by atoms with E-state index in [1.165, 1.54) is 6.42 Å². The van der Waals surface area contributed by atoms with Crippen LogP contribution in [-0.2, 0) is 17.7 Å². The highest BCUT2D eigenvalue weighted by molar-refractivity contribution is 5.47. The van der Waals surface area contributed by atoms with Crippen LogP contribution in [0.15, 0.2) is 28.9 Å². The average molecular weight is 274 g/mol. The van der Waals surface area contributed by atoms with Gasteiger partial charge in [0.2, 0.25) is 0 Å². The minimum absolute atomic E-state index is 0.585. The van der Waals surface area contributed by atoms with Crippen LogP contribution in [0.3, 0.4) is 0 Å². The highest BCUT2D eigenvalue weighted by Crippen LogP contribution is 2.24. The Morgan fingerprint density at radius 1 is 1.40 bits per heavy atom. The molecule has 3 heterocycles. The molecule has 0 aromatic carbocycles. The van der Waals surface area contributed by atoms with Crippen molar-refractivity contribution in [1.29, 1.82) is 0 Å². The normalized spacial score (nSPS) is 19.4. The standard InChI is InChI=1S/C16H22N2O2/c1-2-4-14-6-7-15(20-14)16-17-8-9-18(16)11-13-5-3-10-19-12-13/h6-9,13H,2-5,10-12H2,1H3/t13-/m1/s1. The fourth-order valence-corrected chi connectivity index (χ4v) is 2.79. The first-order valence-electron chi connectivity index (χ1n) is 7.54. The highest BCUT2D eigenvalue weighted by Gasteiger charge is 2.17. The molecule has 1 aliphatic rings. The molecule has 2 aromatic rings. The van der Waals surface area contributed by atoms with E-state index in [9.17, 15) is 0 Å². The molecule has 1 aliphatic heterocycles. The molecule has 4 nitrogen and oxygen atoms in total. The SMILES string of the molecule is CCCc1ccc(-c2nccn2C[C@H]2CCCOC2)o1. The number of imidazole rings is 1. The molecular formula is C16H22N2O2. The summed E-state index contributed by atoms with van der Waals surface area (Å²) in [5.74, 6) is 3.42. The molecule has 0 unspecified atom stereocenters. The van der Waals surface area contributed by atoms with Gasteiger partial charge in [-0.05, 0) is 31.4 Å². The van der Waals surface area contributed by atoms with E-state index in [4.69, 9.17) is 9.15 Å². The maximum absolute atomic E-state index is 5.88. The summed E-state index contributed by atoms with van der Waals surface area (Å²) in [6.45, 7) is 4.88. The molecule has 0 N–H and O–H groups in total. The summed E-state index contributed by atoms with van der Waals surface area (Å²) < 4.78 is 13.6. The van der Waals surface area contributed by atoms with Crippen LogP contribution in [0.1, 0.15) is 31.9 Å². The lowest BCUT2D eigenvalue weighted by Crippen LogP contribution is -2.22. The van der Waals surface area contributed by atoms with Gasteiger partial charge in [-0.3, -0.25) is 0 Å². The Morgan fingerprint density at radius 2 is 2.35 bits per heavy atom. The fraction of sp³-hybridized carbons (Fsp3) is 0.562. The van der Waals surface area contributed by atoms with E-state index >= 15 is 0 Å². The maximum Gasteiger partial charge on any atom is 0.176 e. The van der Waals surface area contributed by atoms with Crippen LogP contribution in [-0.4, -0.2) is 22.8 Å². The largest absolute Gasteiger partial charge is 0.458 e. The van der Waals surface area contributed by atoms with E-state index < -0.39 is 0 Å². The number of nitrogens with zero attached hydrogens (tertiary/aromatic N) is 2. The zero-order chi connectivity index (χ0) is 13.8. The molecule has 3 rings (SSSR count). The van der Waals surface area contributed by atoms with Crippen molar-refractivity contribution in [3.05, 3.63) is 30.3 Å². The van der Waals surface area contributed by atoms with E-state index in [1.54, 1.807) is 0 Å². The minimum atomic E-state index is 0.585. The summed E-state index contributed by atoms with van der Waals surface area (Å²) >= 11 is 0. The van der Waals surface area contributed by atoms with Crippen LogP contribution >= 0.6 is 0 Å². The Bertz CT molecular complexity index is 538. The smallest absolute Gasteiger partial charge is 0.176 e. The lowest BCUT2D eigenvalue weighted by atomic mass is 10.0. The van der Waals surface area contributed by atoms with Gasteiger partial charge in [0.25, 0.3) is 0 Å². The molecule has 1 atom stereocenters. The third kappa shape index (κ3) is 2.96. The van der Waals surface area contributed by atoms with Crippen molar-refractivity contribution >= 4 is 0 Å². The van der Waals surface area contributed by atoms with Gasteiger partial charge in [0, 0.05) is 37.9 Å². The van der Waals surface area contributed by atoms with Gasteiger partial charge in [-0.25, -0.2) is 4.98 Å². The van der Waals surface area contributed by atoms with Crippen LogP contribution in [0.25, 0.3) is 11.6 Å². The Morgan fingerprint density at radius 3 is 3.15 bits per heavy atom.